The molecule has 1 unspecified atom stereocenters. The van der Waals surface area contributed by atoms with E-state index in [2.05, 4.69) is 11.6 Å². The second kappa shape index (κ2) is 8.27. The smallest absolute Gasteiger partial charge is 0.216 e. The van der Waals surface area contributed by atoms with Gasteiger partial charge < -0.3 is 5.73 Å². The van der Waals surface area contributed by atoms with Crippen molar-refractivity contribution in [2.45, 2.75) is 57.7 Å². The summed E-state index contributed by atoms with van der Waals surface area (Å²) in [6.07, 6.45) is 5.50. The summed E-state index contributed by atoms with van der Waals surface area (Å²) < 4.78 is 26.9. The van der Waals surface area contributed by atoms with E-state index in [1.165, 1.54) is 12.8 Å². The fraction of sp³-hybridized carbons (Fsp3) is 0.600. The SMILES string of the molecule is CCCCCCC(C)NS(=O)(=O)Cc1ccccc1N. The first kappa shape index (κ1) is 17.0. The Bertz CT molecular complexity index is 500. The topological polar surface area (TPSA) is 72.2 Å². The normalized spacial score (nSPS) is 13.3. The van der Waals surface area contributed by atoms with Gasteiger partial charge in [-0.25, -0.2) is 13.1 Å². The van der Waals surface area contributed by atoms with Crippen molar-refractivity contribution in [3.8, 4) is 0 Å². The molecule has 0 saturated carbocycles. The fourth-order valence-corrected chi connectivity index (χ4v) is 3.64. The molecule has 0 bridgehead atoms. The number of unbranched alkanes of at least 4 members (excludes halogenated alkanes) is 3. The number of rotatable bonds is 9. The van der Waals surface area contributed by atoms with Gasteiger partial charge in [0.15, 0.2) is 0 Å². The summed E-state index contributed by atoms with van der Waals surface area (Å²) in [6, 6.07) is 7.05. The number of benzene rings is 1. The third-order valence-corrected chi connectivity index (χ3v) is 4.72. The van der Waals surface area contributed by atoms with Gasteiger partial charge >= 0.3 is 0 Å². The standard InChI is InChI=1S/C15H26N2O2S/c1-3-4-5-6-9-13(2)17-20(18,19)12-14-10-7-8-11-15(14)16/h7-8,10-11,13,17H,3-6,9,12,16H2,1-2H3. The Labute approximate surface area is 122 Å². The first-order valence-electron chi connectivity index (χ1n) is 7.28. The summed E-state index contributed by atoms with van der Waals surface area (Å²) in [5.41, 5.74) is 6.95. The molecule has 114 valence electrons. The number of hydrogen-bond acceptors (Lipinski definition) is 3. The van der Waals surface area contributed by atoms with Crippen LogP contribution in [0.1, 0.15) is 51.5 Å². The maximum atomic E-state index is 12.1. The van der Waals surface area contributed by atoms with Gasteiger partial charge in [-0.05, 0) is 25.0 Å². The lowest BCUT2D eigenvalue weighted by Crippen LogP contribution is -2.33. The van der Waals surface area contributed by atoms with Gasteiger partial charge in [0, 0.05) is 11.7 Å². The number of anilines is 1. The van der Waals surface area contributed by atoms with Crippen molar-refractivity contribution in [1.82, 2.24) is 4.72 Å². The molecule has 1 rings (SSSR count). The van der Waals surface area contributed by atoms with Gasteiger partial charge in [0.2, 0.25) is 10.0 Å². The monoisotopic (exact) mass is 298 g/mol. The Balaban J connectivity index is 2.47. The molecule has 3 N–H and O–H groups in total. The molecule has 5 heteroatoms. The first-order chi connectivity index (χ1) is 9.44. The molecular weight excluding hydrogens is 272 g/mol. The van der Waals surface area contributed by atoms with E-state index < -0.39 is 10.0 Å². The van der Waals surface area contributed by atoms with Crippen molar-refractivity contribution in [1.29, 1.82) is 0 Å². The minimum absolute atomic E-state index is 0.0261. The highest BCUT2D eigenvalue weighted by atomic mass is 32.2. The van der Waals surface area contributed by atoms with Gasteiger partial charge in [-0.15, -0.1) is 0 Å². The average Bonchev–Trinajstić information content (AvgIpc) is 2.36. The Morgan fingerprint density at radius 3 is 2.55 bits per heavy atom. The van der Waals surface area contributed by atoms with Gasteiger partial charge in [-0.1, -0.05) is 50.8 Å². The lowest BCUT2D eigenvalue weighted by Gasteiger charge is -2.14. The molecule has 0 aliphatic rings. The summed E-state index contributed by atoms with van der Waals surface area (Å²) >= 11 is 0. The van der Waals surface area contributed by atoms with Crippen molar-refractivity contribution in [3.05, 3.63) is 29.8 Å². The summed E-state index contributed by atoms with van der Waals surface area (Å²) in [6.45, 7) is 4.08. The molecule has 0 amide bonds. The fourth-order valence-electron chi connectivity index (χ4n) is 2.15. The Morgan fingerprint density at radius 2 is 1.90 bits per heavy atom. The quantitative estimate of drug-likeness (QED) is 0.543. The molecule has 0 aromatic heterocycles. The highest BCUT2D eigenvalue weighted by Crippen LogP contribution is 2.14. The van der Waals surface area contributed by atoms with E-state index in [9.17, 15) is 8.42 Å². The zero-order valence-electron chi connectivity index (χ0n) is 12.4. The van der Waals surface area contributed by atoms with Crippen LogP contribution in [0.3, 0.4) is 0 Å². The van der Waals surface area contributed by atoms with Crippen LogP contribution in [0.2, 0.25) is 0 Å². The van der Waals surface area contributed by atoms with Gasteiger partial charge in [0.1, 0.15) is 0 Å². The molecule has 1 aromatic rings. The molecule has 0 aliphatic carbocycles. The number of nitrogens with two attached hydrogens (primary N) is 1. The van der Waals surface area contributed by atoms with Crippen LogP contribution in [0, 0.1) is 0 Å². The number of nitrogens with one attached hydrogen (secondary N) is 1. The zero-order valence-corrected chi connectivity index (χ0v) is 13.2. The van der Waals surface area contributed by atoms with Crippen LogP contribution in [-0.2, 0) is 15.8 Å². The molecule has 0 heterocycles. The van der Waals surface area contributed by atoms with Crippen LogP contribution >= 0.6 is 0 Å². The van der Waals surface area contributed by atoms with Crippen LogP contribution in [0.25, 0.3) is 0 Å². The van der Waals surface area contributed by atoms with E-state index in [4.69, 9.17) is 5.73 Å². The van der Waals surface area contributed by atoms with Gasteiger partial charge in [0.25, 0.3) is 0 Å². The minimum atomic E-state index is -3.33. The van der Waals surface area contributed by atoms with E-state index in [0.29, 0.717) is 11.3 Å². The van der Waals surface area contributed by atoms with Crippen molar-refractivity contribution in [2.24, 2.45) is 0 Å². The van der Waals surface area contributed by atoms with E-state index in [0.717, 1.165) is 19.3 Å². The summed E-state index contributed by atoms with van der Waals surface area (Å²) in [4.78, 5) is 0. The molecule has 0 radical (unpaired) electrons. The molecule has 1 atom stereocenters. The first-order valence-corrected chi connectivity index (χ1v) is 8.93. The average molecular weight is 298 g/mol. The predicted octanol–water partition coefficient (Wildman–Crippen LogP) is 3.05. The van der Waals surface area contributed by atoms with Gasteiger partial charge in [-0.2, -0.15) is 0 Å². The third-order valence-electron chi connectivity index (χ3n) is 3.27. The van der Waals surface area contributed by atoms with Crippen LogP contribution in [-0.4, -0.2) is 14.5 Å². The maximum Gasteiger partial charge on any atom is 0.216 e. The number of nitrogen functional groups attached to an aromatic ring is 1. The second-order valence-electron chi connectivity index (χ2n) is 5.33. The molecule has 0 spiro atoms. The lowest BCUT2D eigenvalue weighted by atomic mass is 10.1. The van der Waals surface area contributed by atoms with Crippen LogP contribution in [0.4, 0.5) is 5.69 Å². The molecule has 0 saturated heterocycles. The van der Waals surface area contributed by atoms with E-state index in [-0.39, 0.29) is 11.8 Å². The summed E-state index contributed by atoms with van der Waals surface area (Å²) in [5.74, 6) is -0.0566. The molecular formula is C15H26N2O2S. The zero-order chi connectivity index (χ0) is 15.0. The van der Waals surface area contributed by atoms with Crippen molar-refractivity contribution < 1.29 is 8.42 Å². The minimum Gasteiger partial charge on any atom is -0.398 e. The highest BCUT2D eigenvalue weighted by molar-refractivity contribution is 7.88. The van der Waals surface area contributed by atoms with Crippen molar-refractivity contribution in [3.63, 3.8) is 0 Å². The summed E-state index contributed by atoms with van der Waals surface area (Å²) in [5, 5.41) is 0. The second-order valence-corrected chi connectivity index (χ2v) is 7.08. The Hall–Kier alpha value is -1.07. The number of sulfonamides is 1. The van der Waals surface area contributed by atoms with Crippen molar-refractivity contribution >= 4 is 15.7 Å². The maximum absolute atomic E-state index is 12.1. The van der Waals surface area contributed by atoms with E-state index in [1.54, 1.807) is 24.3 Å². The third kappa shape index (κ3) is 6.39. The Kier molecular flexibility index (Phi) is 7.02. The van der Waals surface area contributed by atoms with Gasteiger partial charge in [0.05, 0.1) is 5.75 Å². The summed E-state index contributed by atoms with van der Waals surface area (Å²) in [7, 11) is -3.33. The van der Waals surface area contributed by atoms with Gasteiger partial charge in [-0.3, -0.25) is 0 Å². The van der Waals surface area contributed by atoms with Crippen molar-refractivity contribution in [2.75, 3.05) is 5.73 Å². The molecule has 20 heavy (non-hydrogen) atoms. The molecule has 1 aromatic carbocycles. The van der Waals surface area contributed by atoms with Crippen LogP contribution in [0.5, 0.6) is 0 Å². The molecule has 4 nitrogen and oxygen atoms in total. The number of para-hydroxylation sites is 1. The predicted molar refractivity (Wildman–Crippen MR) is 84.8 cm³/mol. The van der Waals surface area contributed by atoms with E-state index >= 15 is 0 Å². The molecule has 0 aliphatic heterocycles. The molecule has 0 fully saturated rings. The lowest BCUT2D eigenvalue weighted by molar-refractivity contribution is 0.521. The van der Waals surface area contributed by atoms with Crippen LogP contribution < -0.4 is 10.5 Å². The van der Waals surface area contributed by atoms with Crippen LogP contribution in [0.15, 0.2) is 24.3 Å². The van der Waals surface area contributed by atoms with E-state index in [1.807, 2.05) is 6.92 Å². The number of hydrogen-bond donors (Lipinski definition) is 2. The Morgan fingerprint density at radius 1 is 1.20 bits per heavy atom. The highest BCUT2D eigenvalue weighted by Gasteiger charge is 2.16. The largest absolute Gasteiger partial charge is 0.398 e.